The molecule has 1 aliphatic heterocycles. The molecule has 3 heterocycles. The van der Waals surface area contributed by atoms with Crippen LogP contribution in [0.25, 0.3) is 0 Å². The van der Waals surface area contributed by atoms with Crippen molar-refractivity contribution in [1.82, 2.24) is 24.6 Å². The third kappa shape index (κ3) is 5.43. The van der Waals surface area contributed by atoms with Gasteiger partial charge in [0.25, 0.3) is 0 Å². The van der Waals surface area contributed by atoms with Gasteiger partial charge in [-0.2, -0.15) is 5.10 Å². The quantitative estimate of drug-likeness (QED) is 0.720. The maximum absolute atomic E-state index is 12.3. The van der Waals surface area contributed by atoms with E-state index in [4.69, 9.17) is 4.74 Å². The van der Waals surface area contributed by atoms with Crippen LogP contribution < -0.4 is 5.32 Å². The Labute approximate surface area is 161 Å². The molecule has 0 saturated heterocycles. The molecule has 0 unspecified atom stereocenters. The van der Waals surface area contributed by atoms with Gasteiger partial charge in [-0.1, -0.05) is 0 Å². The fourth-order valence-electron chi connectivity index (χ4n) is 3.64. The Morgan fingerprint density at radius 2 is 2.26 bits per heavy atom. The summed E-state index contributed by atoms with van der Waals surface area (Å²) in [5, 5.41) is 7.40. The van der Waals surface area contributed by atoms with Crippen LogP contribution in [-0.2, 0) is 29.2 Å². The maximum atomic E-state index is 12.3. The van der Waals surface area contributed by atoms with Crippen molar-refractivity contribution in [2.75, 3.05) is 26.8 Å². The van der Waals surface area contributed by atoms with E-state index in [1.165, 1.54) is 11.3 Å². The molecule has 0 bridgehead atoms. The van der Waals surface area contributed by atoms with Gasteiger partial charge in [-0.3, -0.25) is 14.4 Å². The van der Waals surface area contributed by atoms with Gasteiger partial charge in [0.1, 0.15) is 0 Å². The van der Waals surface area contributed by atoms with Crippen LogP contribution in [0.3, 0.4) is 0 Å². The lowest BCUT2D eigenvalue weighted by Crippen LogP contribution is -2.33. The van der Waals surface area contributed by atoms with Crippen molar-refractivity contribution in [2.24, 2.45) is 5.92 Å². The first kappa shape index (κ1) is 19.6. The molecule has 7 heteroatoms. The molecular weight excluding hydrogens is 342 g/mol. The zero-order chi connectivity index (χ0) is 19.2. The van der Waals surface area contributed by atoms with E-state index in [0.29, 0.717) is 25.6 Å². The first-order valence-corrected chi connectivity index (χ1v) is 9.70. The number of hydrogen-bond acceptors (Lipinski definition) is 4. The second-order valence-corrected chi connectivity index (χ2v) is 7.66. The van der Waals surface area contributed by atoms with Crippen LogP contribution in [0.15, 0.2) is 30.7 Å². The molecule has 2 aromatic rings. The van der Waals surface area contributed by atoms with Crippen LogP contribution in [0.4, 0.5) is 0 Å². The largest absolute Gasteiger partial charge is 0.383 e. The fourth-order valence-corrected chi connectivity index (χ4v) is 3.64. The SMILES string of the molecule is COCCNC(=O)C[C@H]1CN(Cc2cnn(C(C)C)c2)Cc2cccn2C1. The molecule has 2 aromatic heterocycles. The Bertz CT molecular complexity index is 736. The molecule has 1 atom stereocenters. The average Bonchev–Trinajstić information content (AvgIpc) is 3.22. The van der Waals surface area contributed by atoms with E-state index < -0.39 is 0 Å². The van der Waals surface area contributed by atoms with E-state index in [0.717, 1.165) is 26.2 Å². The number of ether oxygens (including phenoxy) is 1. The van der Waals surface area contributed by atoms with Crippen molar-refractivity contribution in [3.63, 3.8) is 0 Å². The Kier molecular flexibility index (Phi) is 6.68. The number of nitrogens with zero attached hydrogens (tertiary/aromatic N) is 4. The predicted molar refractivity (Wildman–Crippen MR) is 104 cm³/mol. The Morgan fingerprint density at radius 1 is 1.41 bits per heavy atom. The van der Waals surface area contributed by atoms with Crippen molar-refractivity contribution < 1.29 is 9.53 Å². The van der Waals surface area contributed by atoms with E-state index in [2.05, 4.69) is 58.3 Å². The lowest BCUT2D eigenvalue weighted by atomic mass is 10.0. The van der Waals surface area contributed by atoms with E-state index in [1.54, 1.807) is 7.11 Å². The summed E-state index contributed by atoms with van der Waals surface area (Å²) in [4.78, 5) is 14.7. The minimum Gasteiger partial charge on any atom is -0.383 e. The van der Waals surface area contributed by atoms with Crippen molar-refractivity contribution in [3.8, 4) is 0 Å². The molecule has 1 amide bonds. The van der Waals surface area contributed by atoms with Crippen LogP contribution in [0.5, 0.6) is 0 Å². The van der Waals surface area contributed by atoms with Crippen LogP contribution >= 0.6 is 0 Å². The summed E-state index contributed by atoms with van der Waals surface area (Å²) in [6.07, 6.45) is 6.73. The van der Waals surface area contributed by atoms with E-state index >= 15 is 0 Å². The zero-order valence-electron chi connectivity index (χ0n) is 16.6. The Morgan fingerprint density at radius 3 is 3.00 bits per heavy atom. The number of carbonyl (C=O) groups is 1. The lowest BCUT2D eigenvalue weighted by molar-refractivity contribution is -0.122. The predicted octanol–water partition coefficient (Wildman–Crippen LogP) is 2.05. The number of aromatic nitrogens is 3. The van der Waals surface area contributed by atoms with Crippen LogP contribution in [0, 0.1) is 5.92 Å². The number of methoxy groups -OCH3 is 1. The molecule has 7 nitrogen and oxygen atoms in total. The topological polar surface area (TPSA) is 64.3 Å². The van der Waals surface area contributed by atoms with Crippen molar-refractivity contribution in [3.05, 3.63) is 42.0 Å². The van der Waals surface area contributed by atoms with Crippen LogP contribution in [-0.4, -0.2) is 52.0 Å². The summed E-state index contributed by atoms with van der Waals surface area (Å²) >= 11 is 0. The minimum absolute atomic E-state index is 0.0974. The maximum Gasteiger partial charge on any atom is 0.220 e. The number of rotatable bonds is 8. The van der Waals surface area contributed by atoms with Gasteiger partial charge in [0.05, 0.1) is 12.8 Å². The molecule has 1 aliphatic rings. The molecule has 0 radical (unpaired) electrons. The number of fused-ring (bicyclic) bond motifs is 1. The summed E-state index contributed by atoms with van der Waals surface area (Å²) < 4.78 is 9.28. The molecule has 0 fully saturated rings. The number of nitrogens with one attached hydrogen (secondary N) is 1. The van der Waals surface area contributed by atoms with Crippen LogP contribution in [0.2, 0.25) is 0 Å². The van der Waals surface area contributed by atoms with Crippen molar-refractivity contribution in [1.29, 1.82) is 0 Å². The van der Waals surface area contributed by atoms with Gasteiger partial charge in [-0.05, 0) is 31.9 Å². The summed E-state index contributed by atoms with van der Waals surface area (Å²) in [6, 6.07) is 4.63. The van der Waals surface area contributed by atoms with Crippen molar-refractivity contribution in [2.45, 2.75) is 45.9 Å². The lowest BCUT2D eigenvalue weighted by Gasteiger charge is -2.23. The second-order valence-electron chi connectivity index (χ2n) is 7.66. The highest BCUT2D eigenvalue weighted by Gasteiger charge is 2.24. The number of carbonyl (C=O) groups excluding carboxylic acids is 1. The Hall–Kier alpha value is -2.12. The molecule has 27 heavy (non-hydrogen) atoms. The van der Waals surface area contributed by atoms with Crippen LogP contribution in [0.1, 0.15) is 37.6 Å². The normalized spacial score (nSPS) is 17.7. The monoisotopic (exact) mass is 373 g/mol. The van der Waals surface area contributed by atoms with Gasteiger partial charge in [0.15, 0.2) is 0 Å². The van der Waals surface area contributed by atoms with Gasteiger partial charge < -0.3 is 14.6 Å². The molecular formula is C20H31N5O2. The average molecular weight is 374 g/mol. The van der Waals surface area contributed by atoms with E-state index in [-0.39, 0.29) is 11.8 Å². The Balaban J connectivity index is 1.65. The van der Waals surface area contributed by atoms with Crippen molar-refractivity contribution >= 4 is 5.91 Å². The molecule has 0 aliphatic carbocycles. The number of amides is 1. The molecule has 0 saturated carbocycles. The standard InChI is InChI=1S/C20H31N5O2/c1-16(2)25-14-18(10-22-25)12-23-11-17(9-20(26)21-6-8-27-3)13-24-7-4-5-19(24)15-23/h4-5,7,10,14,16-17H,6,8-9,11-13,15H2,1-3H3,(H,21,26)/t17-/m0/s1. The van der Waals surface area contributed by atoms with Gasteiger partial charge >= 0.3 is 0 Å². The summed E-state index contributed by atoms with van der Waals surface area (Å²) in [5.74, 6) is 0.376. The molecule has 1 N–H and O–H groups in total. The number of hydrogen-bond donors (Lipinski definition) is 1. The first-order chi connectivity index (χ1) is 13.0. The minimum atomic E-state index is 0.0974. The third-order valence-corrected chi connectivity index (χ3v) is 4.97. The molecule has 148 valence electrons. The van der Waals surface area contributed by atoms with Gasteiger partial charge in [0, 0.05) is 75.9 Å². The summed E-state index contributed by atoms with van der Waals surface area (Å²) in [7, 11) is 1.64. The van der Waals surface area contributed by atoms with Gasteiger partial charge in [-0.15, -0.1) is 0 Å². The summed E-state index contributed by atoms with van der Waals surface area (Å²) in [6.45, 7) is 8.88. The van der Waals surface area contributed by atoms with Gasteiger partial charge in [-0.25, -0.2) is 0 Å². The molecule has 0 spiro atoms. The zero-order valence-corrected chi connectivity index (χ0v) is 16.6. The van der Waals surface area contributed by atoms with E-state index in [9.17, 15) is 4.79 Å². The third-order valence-electron chi connectivity index (χ3n) is 4.97. The highest BCUT2D eigenvalue weighted by molar-refractivity contribution is 5.76. The second kappa shape index (κ2) is 9.19. The highest BCUT2D eigenvalue weighted by Crippen LogP contribution is 2.21. The molecule has 3 rings (SSSR count). The summed E-state index contributed by atoms with van der Waals surface area (Å²) in [5.41, 5.74) is 2.51. The van der Waals surface area contributed by atoms with E-state index in [1.807, 2.05) is 10.9 Å². The first-order valence-electron chi connectivity index (χ1n) is 9.70. The highest BCUT2D eigenvalue weighted by atomic mass is 16.5. The fraction of sp³-hybridized carbons (Fsp3) is 0.600. The molecule has 0 aromatic carbocycles. The smallest absolute Gasteiger partial charge is 0.220 e. The van der Waals surface area contributed by atoms with Gasteiger partial charge in [0.2, 0.25) is 5.91 Å².